The van der Waals surface area contributed by atoms with E-state index in [9.17, 15) is 9.59 Å². The van der Waals surface area contributed by atoms with Crippen LogP contribution in [0.3, 0.4) is 0 Å². The normalized spacial score (nSPS) is 12.2. The number of thioether (sulfide) groups is 1. The van der Waals surface area contributed by atoms with Crippen molar-refractivity contribution in [3.05, 3.63) is 58.8 Å². The first-order valence-electron chi connectivity index (χ1n) is 8.51. The second-order valence-corrected chi connectivity index (χ2v) is 7.04. The number of benzene rings is 1. The quantitative estimate of drug-likeness (QED) is 0.471. The molecule has 1 aromatic carbocycles. The lowest BCUT2D eigenvalue weighted by atomic mass is 10.2. The summed E-state index contributed by atoms with van der Waals surface area (Å²) in [7, 11) is 1.59. The maximum Gasteiger partial charge on any atom is 0.262 e. The van der Waals surface area contributed by atoms with Crippen LogP contribution >= 0.6 is 11.8 Å². The molecule has 0 radical (unpaired) electrons. The van der Waals surface area contributed by atoms with Gasteiger partial charge in [0.2, 0.25) is 5.91 Å². The zero-order chi connectivity index (χ0) is 19.2. The summed E-state index contributed by atoms with van der Waals surface area (Å²) >= 11 is 1.22. The van der Waals surface area contributed by atoms with Crippen LogP contribution < -0.4 is 10.9 Å². The first-order valence-corrected chi connectivity index (χ1v) is 9.50. The van der Waals surface area contributed by atoms with Gasteiger partial charge in [-0.1, -0.05) is 23.9 Å². The smallest absolute Gasteiger partial charge is 0.262 e. The maximum atomic E-state index is 12.9. The topological polar surface area (TPSA) is 86.4 Å². The lowest BCUT2D eigenvalue weighted by Gasteiger charge is -2.14. The number of methoxy groups -OCH3 is 1. The molecule has 1 amide bonds. The zero-order valence-electron chi connectivity index (χ0n) is 15.2. The van der Waals surface area contributed by atoms with E-state index < -0.39 is 0 Å². The number of hydrogen-bond donors (Lipinski definition) is 1. The Morgan fingerprint density at radius 3 is 2.89 bits per heavy atom. The Morgan fingerprint density at radius 2 is 2.15 bits per heavy atom. The minimum Gasteiger partial charge on any atom is -0.467 e. The lowest BCUT2D eigenvalue weighted by Crippen LogP contribution is -2.36. The number of aromatic nitrogens is 2. The van der Waals surface area contributed by atoms with E-state index in [0.29, 0.717) is 28.4 Å². The molecule has 0 bridgehead atoms. The molecule has 3 aromatic rings. The van der Waals surface area contributed by atoms with Crippen molar-refractivity contribution in [2.45, 2.75) is 24.7 Å². The summed E-state index contributed by atoms with van der Waals surface area (Å²) in [5, 5.41) is 3.86. The molecule has 2 heterocycles. The molecule has 0 saturated heterocycles. The summed E-state index contributed by atoms with van der Waals surface area (Å²) in [5.74, 6) is 0.655. The van der Waals surface area contributed by atoms with Gasteiger partial charge in [0.05, 0.1) is 36.1 Å². The molecule has 1 unspecified atom stereocenters. The number of furan rings is 1. The summed E-state index contributed by atoms with van der Waals surface area (Å²) in [6.45, 7) is 2.56. The highest BCUT2D eigenvalue weighted by molar-refractivity contribution is 7.99. The minimum atomic E-state index is -0.160. The molecule has 0 aliphatic heterocycles. The van der Waals surface area contributed by atoms with E-state index in [1.54, 1.807) is 43.7 Å². The van der Waals surface area contributed by atoms with E-state index in [0.717, 1.165) is 0 Å². The zero-order valence-corrected chi connectivity index (χ0v) is 16.0. The van der Waals surface area contributed by atoms with Crippen molar-refractivity contribution in [3.63, 3.8) is 0 Å². The molecular weight excluding hydrogens is 366 g/mol. The van der Waals surface area contributed by atoms with Gasteiger partial charge in [0.1, 0.15) is 5.76 Å². The van der Waals surface area contributed by atoms with Gasteiger partial charge in [0.25, 0.3) is 5.56 Å². The SMILES string of the molecule is COCC(C)NC(=O)CSc1nc2ccccc2c(=O)n1Cc1ccco1. The average molecular weight is 387 g/mol. The van der Waals surface area contributed by atoms with Crippen molar-refractivity contribution in [1.82, 2.24) is 14.9 Å². The fraction of sp³-hybridized carbons (Fsp3) is 0.316. The third-order valence-corrected chi connectivity index (χ3v) is 4.85. The van der Waals surface area contributed by atoms with E-state index in [1.807, 2.05) is 13.0 Å². The van der Waals surface area contributed by atoms with Gasteiger partial charge in [-0.05, 0) is 31.2 Å². The van der Waals surface area contributed by atoms with Crippen molar-refractivity contribution in [2.75, 3.05) is 19.5 Å². The largest absolute Gasteiger partial charge is 0.467 e. The average Bonchev–Trinajstić information content (AvgIpc) is 3.16. The van der Waals surface area contributed by atoms with E-state index >= 15 is 0 Å². The number of para-hydroxylation sites is 1. The number of nitrogens with one attached hydrogen (secondary N) is 1. The number of nitrogens with zero attached hydrogens (tertiary/aromatic N) is 2. The second-order valence-electron chi connectivity index (χ2n) is 6.09. The number of ether oxygens (including phenoxy) is 1. The summed E-state index contributed by atoms with van der Waals surface area (Å²) < 4.78 is 11.9. The number of amides is 1. The predicted octanol–water partition coefficient (Wildman–Crippen LogP) is 2.28. The second kappa shape index (κ2) is 8.88. The van der Waals surface area contributed by atoms with Crippen LogP contribution in [0.15, 0.2) is 57.0 Å². The van der Waals surface area contributed by atoms with Crippen LogP contribution in [0.5, 0.6) is 0 Å². The molecule has 0 saturated carbocycles. The Morgan fingerprint density at radius 1 is 1.33 bits per heavy atom. The van der Waals surface area contributed by atoms with E-state index in [1.165, 1.54) is 16.3 Å². The monoisotopic (exact) mass is 387 g/mol. The molecule has 3 rings (SSSR count). The van der Waals surface area contributed by atoms with Crippen LogP contribution in [0.2, 0.25) is 0 Å². The Kier molecular flexibility index (Phi) is 6.31. The number of carbonyl (C=O) groups is 1. The van der Waals surface area contributed by atoms with Gasteiger partial charge in [-0.3, -0.25) is 14.2 Å². The van der Waals surface area contributed by atoms with Gasteiger partial charge in [-0.15, -0.1) is 0 Å². The molecule has 0 spiro atoms. The Balaban J connectivity index is 1.86. The van der Waals surface area contributed by atoms with Crippen molar-refractivity contribution in [1.29, 1.82) is 0 Å². The van der Waals surface area contributed by atoms with Crippen LogP contribution in [0, 0.1) is 0 Å². The number of carbonyl (C=O) groups excluding carboxylic acids is 1. The summed E-state index contributed by atoms with van der Waals surface area (Å²) in [6.07, 6.45) is 1.56. The Hall–Kier alpha value is -2.58. The van der Waals surface area contributed by atoms with Crippen molar-refractivity contribution < 1.29 is 13.9 Å². The first-order chi connectivity index (χ1) is 13.1. The van der Waals surface area contributed by atoms with Gasteiger partial charge in [-0.2, -0.15) is 0 Å². The summed E-state index contributed by atoms with van der Waals surface area (Å²) in [6, 6.07) is 10.7. The fourth-order valence-corrected chi connectivity index (χ4v) is 3.50. The lowest BCUT2D eigenvalue weighted by molar-refractivity contribution is -0.119. The van der Waals surface area contributed by atoms with Crippen molar-refractivity contribution in [3.8, 4) is 0 Å². The highest BCUT2D eigenvalue weighted by Gasteiger charge is 2.15. The first kappa shape index (κ1) is 19.2. The van der Waals surface area contributed by atoms with E-state index in [4.69, 9.17) is 9.15 Å². The molecular formula is C19H21N3O4S. The van der Waals surface area contributed by atoms with E-state index in [-0.39, 0.29) is 29.8 Å². The number of fused-ring (bicyclic) bond motifs is 1. The Bertz CT molecular complexity index is 969. The fourth-order valence-electron chi connectivity index (χ4n) is 2.69. The van der Waals surface area contributed by atoms with Crippen molar-refractivity contribution >= 4 is 28.6 Å². The van der Waals surface area contributed by atoms with Gasteiger partial charge >= 0.3 is 0 Å². The maximum absolute atomic E-state index is 12.9. The molecule has 8 heteroatoms. The van der Waals surface area contributed by atoms with Crippen LogP contribution in [0.25, 0.3) is 10.9 Å². The van der Waals surface area contributed by atoms with Gasteiger partial charge in [0, 0.05) is 13.2 Å². The highest BCUT2D eigenvalue weighted by Crippen LogP contribution is 2.19. The van der Waals surface area contributed by atoms with Gasteiger partial charge in [0.15, 0.2) is 5.16 Å². The molecule has 7 nitrogen and oxygen atoms in total. The third-order valence-electron chi connectivity index (χ3n) is 3.88. The summed E-state index contributed by atoms with van der Waals surface area (Å²) in [5.41, 5.74) is 0.446. The third kappa shape index (κ3) is 4.78. The molecule has 0 aliphatic carbocycles. The standard InChI is InChI=1S/C19H21N3O4S/c1-13(11-25-2)20-17(23)12-27-19-21-16-8-4-3-7-15(16)18(24)22(19)10-14-6-5-9-26-14/h3-9,13H,10-12H2,1-2H3,(H,20,23). The molecule has 27 heavy (non-hydrogen) atoms. The number of hydrogen-bond acceptors (Lipinski definition) is 6. The predicted molar refractivity (Wildman–Crippen MR) is 104 cm³/mol. The molecule has 142 valence electrons. The molecule has 1 N–H and O–H groups in total. The van der Waals surface area contributed by atoms with Gasteiger partial charge in [-0.25, -0.2) is 4.98 Å². The molecule has 0 aliphatic rings. The van der Waals surface area contributed by atoms with Crippen LogP contribution in [0.4, 0.5) is 0 Å². The molecule has 0 fully saturated rings. The molecule has 2 aromatic heterocycles. The Labute approximate surface area is 160 Å². The van der Waals surface area contributed by atoms with Gasteiger partial charge < -0.3 is 14.5 Å². The molecule has 1 atom stereocenters. The number of rotatable bonds is 8. The minimum absolute atomic E-state index is 0.0852. The summed E-state index contributed by atoms with van der Waals surface area (Å²) in [4.78, 5) is 29.7. The van der Waals surface area contributed by atoms with Crippen molar-refractivity contribution in [2.24, 2.45) is 0 Å². The van der Waals surface area contributed by atoms with Crippen LogP contribution in [-0.2, 0) is 16.1 Å². The van der Waals surface area contributed by atoms with Crippen LogP contribution in [0.1, 0.15) is 12.7 Å². The highest BCUT2D eigenvalue weighted by atomic mass is 32.2. The van der Waals surface area contributed by atoms with Crippen LogP contribution in [-0.4, -0.2) is 41.0 Å². The van der Waals surface area contributed by atoms with E-state index in [2.05, 4.69) is 10.3 Å².